The van der Waals surface area contributed by atoms with Gasteiger partial charge in [-0.3, -0.25) is 4.79 Å². The van der Waals surface area contributed by atoms with E-state index in [9.17, 15) is 40.5 Å². The molecule has 11 atom stereocenters. The Hall–Kier alpha value is -2.57. The van der Waals surface area contributed by atoms with Gasteiger partial charge >= 0.3 is 5.97 Å². The van der Waals surface area contributed by atoms with E-state index < -0.39 is 80.7 Å². The fraction of sp³-hybridized carbons (Fsp3) is 0.787. The summed E-state index contributed by atoms with van der Waals surface area (Å²) in [6, 6.07) is 0. The number of unbranched alkanes of at least 4 members (excludes halogenated alkanes) is 21. The summed E-state index contributed by atoms with van der Waals surface area (Å²) < 4.78 is 34.4. The molecule has 0 spiro atoms. The first-order valence-electron chi connectivity index (χ1n) is 29.5. The number of hydrogen-bond acceptors (Lipinski definition) is 14. The van der Waals surface area contributed by atoms with Crippen molar-refractivity contribution < 1.29 is 69.0 Å². The molecule has 2 fully saturated rings. The number of ether oxygens (including phenoxy) is 6. The normalized spacial score (nSPS) is 25.1. The molecular formula is C61H106O14. The molecule has 2 aliphatic heterocycles. The molecule has 2 saturated heterocycles. The lowest BCUT2D eigenvalue weighted by molar-refractivity contribution is -0.332. The van der Waals surface area contributed by atoms with Crippen LogP contribution in [0.25, 0.3) is 0 Å². The molecular weight excluding hydrogens is 957 g/mol. The zero-order chi connectivity index (χ0) is 54.4. The number of rotatable bonds is 47. The second-order valence-corrected chi connectivity index (χ2v) is 20.4. The van der Waals surface area contributed by atoms with Gasteiger partial charge < -0.3 is 64.2 Å². The summed E-state index contributed by atoms with van der Waals surface area (Å²) in [6.07, 6.45) is 43.9. The Labute approximate surface area is 453 Å². The second-order valence-electron chi connectivity index (χ2n) is 20.4. The van der Waals surface area contributed by atoms with Gasteiger partial charge in [-0.05, 0) is 83.5 Å². The number of esters is 1. The Kier molecular flexibility index (Phi) is 43.3. The summed E-state index contributed by atoms with van der Waals surface area (Å²) in [5, 5.41) is 72.3. The zero-order valence-electron chi connectivity index (χ0n) is 46.5. The number of aliphatic hydroxyl groups excluding tert-OH is 7. The minimum atomic E-state index is -1.71. The summed E-state index contributed by atoms with van der Waals surface area (Å²) in [5.74, 6) is -0.387. The first-order chi connectivity index (χ1) is 36.6. The highest BCUT2D eigenvalue weighted by atomic mass is 16.7. The third-order valence-electron chi connectivity index (χ3n) is 13.7. The highest BCUT2D eigenvalue weighted by Gasteiger charge is 2.47. The molecule has 0 aliphatic carbocycles. The van der Waals surface area contributed by atoms with Crippen LogP contribution in [0.15, 0.2) is 72.9 Å². The van der Waals surface area contributed by atoms with Crippen molar-refractivity contribution in [3.05, 3.63) is 72.9 Å². The standard InChI is InChI=1S/C61H106O14/c1-3-5-7-9-11-13-15-17-19-20-21-22-23-24-25-26-27-28-29-31-33-35-37-39-41-43-45-70-47-50(73-53(63)44-42-40-38-36-34-32-30-18-16-14-12-10-8-6-4-2)48-71-60-59(69)57(67)55(65)52(75-60)49-72-61-58(68)56(66)54(64)51(46-62)74-61/h5,7,11,13,17-19,21-22,24-25,30,50-52,54-62,64-69H,3-4,6,8-10,12,14-16,20,23,26-29,31-49H2,1-2H3/b7-5-,13-11-,19-17-,22-21-,25-24-,30-18-. The quantitative estimate of drug-likeness (QED) is 0.0172. The van der Waals surface area contributed by atoms with Gasteiger partial charge in [0.1, 0.15) is 54.9 Å². The van der Waals surface area contributed by atoms with Crippen LogP contribution in [0.5, 0.6) is 0 Å². The zero-order valence-corrected chi connectivity index (χ0v) is 46.5. The van der Waals surface area contributed by atoms with Gasteiger partial charge in [0, 0.05) is 13.0 Å². The van der Waals surface area contributed by atoms with E-state index in [2.05, 4.69) is 86.8 Å². The van der Waals surface area contributed by atoms with E-state index in [-0.39, 0.29) is 25.6 Å². The van der Waals surface area contributed by atoms with Crippen LogP contribution >= 0.6 is 0 Å². The molecule has 75 heavy (non-hydrogen) atoms. The maximum atomic E-state index is 13.1. The number of carbonyl (C=O) groups is 1. The Balaban J connectivity index is 1.69. The van der Waals surface area contributed by atoms with Crippen LogP contribution in [0.3, 0.4) is 0 Å². The predicted octanol–water partition coefficient (Wildman–Crippen LogP) is 10.6. The molecule has 0 aromatic carbocycles. The number of hydrogen-bond donors (Lipinski definition) is 7. The van der Waals surface area contributed by atoms with Gasteiger partial charge in [-0.15, -0.1) is 0 Å². The maximum Gasteiger partial charge on any atom is 0.306 e. The third-order valence-corrected chi connectivity index (χ3v) is 13.7. The second kappa shape index (κ2) is 47.4. The average Bonchev–Trinajstić information content (AvgIpc) is 3.41. The number of carbonyl (C=O) groups excluding carboxylic acids is 1. The summed E-state index contributed by atoms with van der Waals surface area (Å²) in [4.78, 5) is 13.1. The van der Waals surface area contributed by atoms with Gasteiger partial charge in [0.25, 0.3) is 0 Å². The van der Waals surface area contributed by atoms with E-state index in [1.165, 1.54) is 83.5 Å². The van der Waals surface area contributed by atoms with Gasteiger partial charge in [0.05, 0.1) is 26.4 Å². The van der Waals surface area contributed by atoms with Crippen molar-refractivity contribution in [2.45, 2.75) is 274 Å². The van der Waals surface area contributed by atoms with Crippen molar-refractivity contribution in [3.63, 3.8) is 0 Å². The van der Waals surface area contributed by atoms with E-state index in [1.807, 2.05) is 0 Å². The van der Waals surface area contributed by atoms with E-state index in [1.54, 1.807) is 0 Å². The van der Waals surface area contributed by atoms with Crippen molar-refractivity contribution in [2.24, 2.45) is 0 Å². The topological polar surface area (TPSA) is 214 Å². The largest absolute Gasteiger partial charge is 0.457 e. The van der Waals surface area contributed by atoms with Crippen LogP contribution in [0.4, 0.5) is 0 Å². The highest BCUT2D eigenvalue weighted by molar-refractivity contribution is 5.69. The van der Waals surface area contributed by atoms with Crippen LogP contribution in [-0.4, -0.2) is 142 Å². The number of aliphatic hydroxyl groups is 7. The van der Waals surface area contributed by atoms with Crippen LogP contribution in [-0.2, 0) is 33.2 Å². The van der Waals surface area contributed by atoms with Gasteiger partial charge in [-0.25, -0.2) is 0 Å². The van der Waals surface area contributed by atoms with Crippen molar-refractivity contribution >= 4 is 5.97 Å². The third kappa shape index (κ3) is 34.1. The Morgan fingerprint density at radius 3 is 1.37 bits per heavy atom. The van der Waals surface area contributed by atoms with Crippen molar-refractivity contribution in [1.29, 1.82) is 0 Å². The predicted molar refractivity (Wildman–Crippen MR) is 298 cm³/mol. The molecule has 11 unspecified atom stereocenters. The molecule has 14 nitrogen and oxygen atoms in total. The SMILES string of the molecule is CC/C=C\C/C=C\C/C=C\C/C=C\C/C=C\CCCCCCCCCCCCOCC(COC1OC(COC2OC(CO)C(O)C(O)C2O)C(O)C(O)C1O)OC(=O)CCCCCCC/C=C\CCCCCCCC. The lowest BCUT2D eigenvalue weighted by Gasteiger charge is -2.42. The van der Waals surface area contributed by atoms with Crippen LogP contribution in [0.1, 0.15) is 206 Å². The van der Waals surface area contributed by atoms with Gasteiger partial charge in [0.2, 0.25) is 0 Å². The van der Waals surface area contributed by atoms with Gasteiger partial charge in [-0.1, -0.05) is 189 Å². The molecule has 14 heteroatoms. The molecule has 434 valence electrons. The minimum absolute atomic E-state index is 0.0524. The van der Waals surface area contributed by atoms with E-state index in [4.69, 9.17) is 28.4 Å². The van der Waals surface area contributed by atoms with Gasteiger partial charge in [-0.2, -0.15) is 0 Å². The van der Waals surface area contributed by atoms with E-state index in [0.29, 0.717) is 13.0 Å². The summed E-state index contributed by atoms with van der Waals surface area (Å²) in [5.41, 5.74) is 0. The number of allylic oxidation sites excluding steroid dienone is 12. The van der Waals surface area contributed by atoms with Crippen LogP contribution in [0.2, 0.25) is 0 Å². The molecule has 0 aromatic heterocycles. The smallest absolute Gasteiger partial charge is 0.306 e. The first kappa shape index (κ1) is 68.5. The van der Waals surface area contributed by atoms with E-state index >= 15 is 0 Å². The summed E-state index contributed by atoms with van der Waals surface area (Å²) in [7, 11) is 0. The molecule has 0 aromatic rings. The minimum Gasteiger partial charge on any atom is -0.457 e. The lowest BCUT2D eigenvalue weighted by Crippen LogP contribution is -2.61. The van der Waals surface area contributed by atoms with Gasteiger partial charge in [0.15, 0.2) is 12.6 Å². The fourth-order valence-corrected chi connectivity index (χ4v) is 8.95. The lowest BCUT2D eigenvalue weighted by atomic mass is 9.98. The Morgan fingerprint density at radius 1 is 0.453 bits per heavy atom. The Morgan fingerprint density at radius 2 is 0.867 bits per heavy atom. The molecule has 7 N–H and O–H groups in total. The average molecular weight is 1060 g/mol. The first-order valence-corrected chi connectivity index (χ1v) is 29.5. The molecule has 0 amide bonds. The molecule has 2 aliphatic rings. The summed E-state index contributed by atoms with van der Waals surface area (Å²) >= 11 is 0. The van der Waals surface area contributed by atoms with Crippen molar-refractivity contribution in [3.8, 4) is 0 Å². The Bertz CT molecular complexity index is 1510. The van der Waals surface area contributed by atoms with E-state index in [0.717, 1.165) is 96.3 Å². The van der Waals surface area contributed by atoms with Crippen molar-refractivity contribution in [2.75, 3.05) is 33.0 Å². The molecule has 0 bridgehead atoms. The molecule has 0 radical (unpaired) electrons. The van der Waals surface area contributed by atoms with Crippen molar-refractivity contribution in [1.82, 2.24) is 0 Å². The molecule has 0 saturated carbocycles. The maximum absolute atomic E-state index is 13.1. The molecule has 2 heterocycles. The van der Waals surface area contributed by atoms with Crippen LogP contribution < -0.4 is 0 Å². The fourth-order valence-electron chi connectivity index (χ4n) is 8.95. The van der Waals surface area contributed by atoms with Crippen LogP contribution in [0, 0.1) is 0 Å². The summed E-state index contributed by atoms with van der Waals surface area (Å²) in [6.45, 7) is 3.55. The molecule has 2 rings (SSSR count). The monoisotopic (exact) mass is 1060 g/mol. The highest BCUT2D eigenvalue weighted by Crippen LogP contribution is 2.26.